The van der Waals surface area contributed by atoms with Crippen molar-refractivity contribution < 1.29 is 19.1 Å². The molecule has 35 heavy (non-hydrogen) atoms. The van der Waals surface area contributed by atoms with Crippen molar-refractivity contribution in [2.45, 2.75) is 32.7 Å². The molecule has 0 fully saturated rings. The zero-order chi connectivity index (χ0) is 25.2. The van der Waals surface area contributed by atoms with Crippen LogP contribution >= 0.6 is 11.3 Å². The summed E-state index contributed by atoms with van der Waals surface area (Å²) in [4.78, 5) is 47.8. The number of amides is 3. The van der Waals surface area contributed by atoms with E-state index in [0.29, 0.717) is 35.1 Å². The number of pyridine rings is 1. The molecule has 3 aromatic rings. The summed E-state index contributed by atoms with van der Waals surface area (Å²) in [5.41, 5.74) is 1.95. The van der Waals surface area contributed by atoms with Crippen LogP contribution < -0.4 is 15.4 Å². The predicted molar refractivity (Wildman–Crippen MR) is 135 cm³/mol. The van der Waals surface area contributed by atoms with E-state index in [0.717, 1.165) is 5.69 Å². The number of ether oxygens (including phenoxy) is 1. The topological polar surface area (TPSA) is 114 Å². The molecular formula is C25H29N5O4S. The van der Waals surface area contributed by atoms with Gasteiger partial charge in [0, 0.05) is 41.8 Å². The second-order valence-electron chi connectivity index (χ2n) is 8.05. The number of benzene rings is 1. The first kappa shape index (κ1) is 25.8. The zero-order valence-electron chi connectivity index (χ0n) is 20.0. The maximum atomic E-state index is 12.9. The average Bonchev–Trinajstić information content (AvgIpc) is 3.29. The number of carbonyl (C=O) groups excluding carboxylic acids is 3. The summed E-state index contributed by atoms with van der Waals surface area (Å²) in [6.45, 7) is 4.06. The van der Waals surface area contributed by atoms with E-state index in [2.05, 4.69) is 20.6 Å². The van der Waals surface area contributed by atoms with Gasteiger partial charge in [-0.3, -0.25) is 19.4 Å². The summed E-state index contributed by atoms with van der Waals surface area (Å²) >= 11 is 1.23. The number of hydrogen-bond acceptors (Lipinski definition) is 7. The van der Waals surface area contributed by atoms with Crippen LogP contribution in [0.4, 0.5) is 5.13 Å². The third-order valence-corrected chi connectivity index (χ3v) is 5.91. The molecule has 0 aliphatic heterocycles. The molecule has 184 valence electrons. The Morgan fingerprint density at radius 3 is 2.49 bits per heavy atom. The van der Waals surface area contributed by atoms with Crippen molar-refractivity contribution in [2.75, 3.05) is 25.5 Å². The lowest BCUT2D eigenvalue weighted by Crippen LogP contribution is -2.42. The van der Waals surface area contributed by atoms with Crippen LogP contribution in [0.5, 0.6) is 5.75 Å². The standard InChI is InChI=1S/C25H29N5O4S/c1-17(2)30(24(33)18-7-9-21(34-3)10-8-18)15-23(32)29-25-28-20(16-35-25)14-22(31)27-13-11-19-6-4-5-12-26-19/h4-10,12,16-17H,11,13-15H2,1-3H3,(H,27,31)(H,28,29,32). The Kier molecular flexibility index (Phi) is 9.31. The van der Waals surface area contributed by atoms with Crippen LogP contribution in [0.2, 0.25) is 0 Å². The Balaban J connectivity index is 1.49. The maximum Gasteiger partial charge on any atom is 0.254 e. The fraction of sp³-hybridized carbons (Fsp3) is 0.320. The molecule has 1 aromatic carbocycles. The molecule has 0 aliphatic carbocycles. The molecular weight excluding hydrogens is 466 g/mol. The van der Waals surface area contributed by atoms with Gasteiger partial charge in [0.05, 0.1) is 19.2 Å². The Hall–Kier alpha value is -3.79. The molecule has 2 aromatic heterocycles. The van der Waals surface area contributed by atoms with E-state index in [-0.39, 0.29) is 36.7 Å². The van der Waals surface area contributed by atoms with Gasteiger partial charge in [-0.25, -0.2) is 4.98 Å². The fourth-order valence-electron chi connectivity index (χ4n) is 3.25. The first-order valence-electron chi connectivity index (χ1n) is 11.2. The maximum absolute atomic E-state index is 12.9. The molecule has 10 heteroatoms. The summed E-state index contributed by atoms with van der Waals surface area (Å²) in [5.74, 6) is -0.113. The van der Waals surface area contributed by atoms with E-state index in [1.54, 1.807) is 43.0 Å². The number of nitrogens with one attached hydrogen (secondary N) is 2. The minimum Gasteiger partial charge on any atom is -0.497 e. The highest BCUT2D eigenvalue weighted by atomic mass is 32.1. The Morgan fingerprint density at radius 1 is 1.06 bits per heavy atom. The normalized spacial score (nSPS) is 10.6. The van der Waals surface area contributed by atoms with Gasteiger partial charge < -0.3 is 20.3 Å². The quantitative estimate of drug-likeness (QED) is 0.423. The van der Waals surface area contributed by atoms with Crippen LogP contribution in [0, 0.1) is 0 Å². The number of nitrogens with zero attached hydrogens (tertiary/aromatic N) is 3. The van der Waals surface area contributed by atoms with Crippen LogP contribution in [0.1, 0.15) is 35.6 Å². The molecule has 0 spiro atoms. The number of methoxy groups -OCH3 is 1. The Bertz CT molecular complexity index is 1130. The molecule has 3 amide bonds. The fourth-order valence-corrected chi connectivity index (χ4v) is 3.98. The monoisotopic (exact) mass is 495 g/mol. The van der Waals surface area contributed by atoms with Crippen LogP contribution in [0.25, 0.3) is 0 Å². The van der Waals surface area contributed by atoms with Crippen molar-refractivity contribution >= 4 is 34.2 Å². The van der Waals surface area contributed by atoms with E-state index in [4.69, 9.17) is 4.74 Å². The Morgan fingerprint density at radius 2 is 1.83 bits per heavy atom. The predicted octanol–water partition coefficient (Wildman–Crippen LogP) is 2.94. The minimum atomic E-state index is -0.360. The van der Waals surface area contributed by atoms with Gasteiger partial charge in [-0.05, 0) is 50.2 Å². The molecule has 0 radical (unpaired) electrons. The average molecular weight is 496 g/mol. The van der Waals surface area contributed by atoms with E-state index in [9.17, 15) is 14.4 Å². The van der Waals surface area contributed by atoms with Crippen LogP contribution in [0.15, 0.2) is 54.0 Å². The van der Waals surface area contributed by atoms with Gasteiger partial charge in [-0.2, -0.15) is 0 Å². The van der Waals surface area contributed by atoms with Crippen molar-refractivity contribution in [2.24, 2.45) is 0 Å². The number of hydrogen-bond donors (Lipinski definition) is 2. The van der Waals surface area contributed by atoms with Crippen molar-refractivity contribution in [1.82, 2.24) is 20.2 Å². The summed E-state index contributed by atoms with van der Waals surface area (Å²) in [5, 5.41) is 7.69. The highest BCUT2D eigenvalue weighted by molar-refractivity contribution is 7.13. The zero-order valence-corrected chi connectivity index (χ0v) is 20.8. The largest absolute Gasteiger partial charge is 0.497 e. The lowest BCUT2D eigenvalue weighted by atomic mass is 10.1. The SMILES string of the molecule is COc1ccc(C(=O)N(CC(=O)Nc2nc(CC(=O)NCCc3ccccn3)cs2)C(C)C)cc1. The first-order valence-corrected chi connectivity index (χ1v) is 12.1. The number of rotatable bonds is 11. The molecule has 0 bridgehead atoms. The van der Waals surface area contributed by atoms with E-state index in [1.807, 2.05) is 32.0 Å². The number of aromatic nitrogens is 2. The minimum absolute atomic E-state index is 0.114. The third kappa shape index (κ3) is 7.89. The molecule has 2 N–H and O–H groups in total. The second kappa shape index (κ2) is 12.6. The molecule has 0 aliphatic rings. The molecule has 0 atom stereocenters. The summed E-state index contributed by atoms with van der Waals surface area (Å²) in [6.07, 6.45) is 2.48. The molecule has 3 rings (SSSR count). The summed E-state index contributed by atoms with van der Waals surface area (Å²) in [6, 6.07) is 12.2. The molecule has 0 saturated carbocycles. The highest BCUT2D eigenvalue weighted by Gasteiger charge is 2.22. The van der Waals surface area contributed by atoms with Gasteiger partial charge in [0.15, 0.2) is 5.13 Å². The summed E-state index contributed by atoms with van der Waals surface area (Å²) < 4.78 is 5.13. The molecule has 0 unspecified atom stereocenters. The smallest absolute Gasteiger partial charge is 0.254 e. The van der Waals surface area contributed by atoms with E-state index < -0.39 is 0 Å². The lowest BCUT2D eigenvalue weighted by Gasteiger charge is -2.26. The van der Waals surface area contributed by atoms with Gasteiger partial charge in [-0.1, -0.05) is 6.07 Å². The van der Waals surface area contributed by atoms with Crippen molar-refractivity contribution in [3.8, 4) is 5.75 Å². The van der Waals surface area contributed by atoms with Crippen LogP contribution in [0.3, 0.4) is 0 Å². The van der Waals surface area contributed by atoms with Gasteiger partial charge in [0.1, 0.15) is 12.3 Å². The lowest BCUT2D eigenvalue weighted by molar-refractivity contribution is -0.120. The summed E-state index contributed by atoms with van der Waals surface area (Å²) in [7, 11) is 1.56. The van der Waals surface area contributed by atoms with Crippen LogP contribution in [-0.4, -0.2) is 58.8 Å². The van der Waals surface area contributed by atoms with Gasteiger partial charge in [0.2, 0.25) is 11.8 Å². The van der Waals surface area contributed by atoms with Crippen molar-refractivity contribution in [3.05, 3.63) is 71.0 Å². The van der Waals surface area contributed by atoms with E-state index in [1.165, 1.54) is 16.2 Å². The Labute approximate surface area is 208 Å². The third-order valence-electron chi connectivity index (χ3n) is 5.10. The number of anilines is 1. The van der Waals surface area contributed by atoms with Crippen LogP contribution in [-0.2, 0) is 22.4 Å². The number of thiazole rings is 1. The second-order valence-corrected chi connectivity index (χ2v) is 8.90. The van der Waals surface area contributed by atoms with Gasteiger partial charge >= 0.3 is 0 Å². The van der Waals surface area contributed by atoms with Crippen molar-refractivity contribution in [3.63, 3.8) is 0 Å². The van der Waals surface area contributed by atoms with E-state index >= 15 is 0 Å². The van der Waals surface area contributed by atoms with Gasteiger partial charge in [-0.15, -0.1) is 11.3 Å². The number of carbonyl (C=O) groups is 3. The molecule has 9 nitrogen and oxygen atoms in total. The van der Waals surface area contributed by atoms with Gasteiger partial charge in [0.25, 0.3) is 5.91 Å². The molecule has 0 saturated heterocycles. The molecule has 2 heterocycles. The van der Waals surface area contributed by atoms with Crippen molar-refractivity contribution in [1.29, 1.82) is 0 Å². The highest BCUT2D eigenvalue weighted by Crippen LogP contribution is 2.17. The first-order chi connectivity index (χ1) is 16.9.